The first kappa shape index (κ1) is 17.4. The summed E-state index contributed by atoms with van der Waals surface area (Å²) in [5.74, 6) is 0.570. The Kier molecular flexibility index (Phi) is 6.49. The molecule has 0 radical (unpaired) electrons. The summed E-state index contributed by atoms with van der Waals surface area (Å²) in [5, 5.41) is 0. The quantitative estimate of drug-likeness (QED) is 0.651. The summed E-state index contributed by atoms with van der Waals surface area (Å²) in [6, 6.07) is 0. The van der Waals surface area contributed by atoms with Crippen molar-refractivity contribution in [1.29, 1.82) is 0 Å². The number of carbonyl (C=O) groups is 1. The third-order valence-corrected chi connectivity index (χ3v) is 3.86. The van der Waals surface area contributed by atoms with Crippen LogP contribution in [-0.2, 0) is 19.0 Å². The molecule has 2 rings (SSSR count). The summed E-state index contributed by atoms with van der Waals surface area (Å²) in [6.07, 6.45) is 4.62. The molecular formula is C16H25N3O4. The van der Waals surface area contributed by atoms with Crippen molar-refractivity contribution in [2.24, 2.45) is 11.5 Å². The molecule has 0 aromatic rings. The number of rotatable bonds is 7. The van der Waals surface area contributed by atoms with Gasteiger partial charge in [-0.1, -0.05) is 6.08 Å². The second-order valence-corrected chi connectivity index (χ2v) is 5.43. The molecule has 4 N–H and O–H groups in total. The predicted molar refractivity (Wildman–Crippen MR) is 86.0 cm³/mol. The highest BCUT2D eigenvalue weighted by atomic mass is 16.5. The maximum absolute atomic E-state index is 11.5. The van der Waals surface area contributed by atoms with Gasteiger partial charge in [0.05, 0.1) is 32.5 Å². The standard InChI is InChI=1S/C16H25N3O4/c1-21-14-4-3-13(17)12(16(18)20)11-15(14)23-8-2-5-19-6-9-22-10-7-19/h3,11H,2,4-10,17H2,1H3,(H2,18,20). The fourth-order valence-corrected chi connectivity index (χ4v) is 2.52. The van der Waals surface area contributed by atoms with Crippen molar-refractivity contribution in [2.45, 2.75) is 12.8 Å². The van der Waals surface area contributed by atoms with Gasteiger partial charge in [-0.2, -0.15) is 0 Å². The van der Waals surface area contributed by atoms with Crippen LogP contribution >= 0.6 is 0 Å². The fourth-order valence-electron chi connectivity index (χ4n) is 2.52. The Hall–Kier alpha value is -1.99. The summed E-state index contributed by atoms with van der Waals surface area (Å²) < 4.78 is 16.5. The second-order valence-electron chi connectivity index (χ2n) is 5.43. The molecule has 2 aliphatic rings. The minimum atomic E-state index is -0.578. The number of hydrogen-bond acceptors (Lipinski definition) is 6. The minimum absolute atomic E-state index is 0.250. The predicted octanol–water partition coefficient (Wildman–Crippen LogP) is 0.241. The minimum Gasteiger partial charge on any atom is -0.497 e. The molecule has 1 saturated heterocycles. The maximum atomic E-state index is 11.5. The van der Waals surface area contributed by atoms with Crippen molar-refractivity contribution >= 4 is 5.91 Å². The topological polar surface area (TPSA) is 100 Å². The maximum Gasteiger partial charge on any atom is 0.250 e. The first-order valence-electron chi connectivity index (χ1n) is 7.79. The van der Waals surface area contributed by atoms with E-state index in [2.05, 4.69) is 4.90 Å². The smallest absolute Gasteiger partial charge is 0.250 e. The molecule has 1 heterocycles. The second kappa shape index (κ2) is 8.59. The summed E-state index contributed by atoms with van der Waals surface area (Å²) in [7, 11) is 1.57. The van der Waals surface area contributed by atoms with Gasteiger partial charge in [0.2, 0.25) is 0 Å². The third-order valence-electron chi connectivity index (χ3n) is 3.86. The van der Waals surface area contributed by atoms with Gasteiger partial charge in [0.25, 0.3) is 5.91 Å². The zero-order valence-electron chi connectivity index (χ0n) is 13.5. The van der Waals surface area contributed by atoms with Crippen LogP contribution in [0.4, 0.5) is 0 Å². The normalized spacial score (nSPS) is 19.7. The lowest BCUT2D eigenvalue weighted by Crippen LogP contribution is -2.37. The zero-order valence-corrected chi connectivity index (χ0v) is 13.5. The SMILES string of the molecule is COC1=C(OCCCN2CCOCC2)C=C(C(N)=O)C(N)=CC1. The van der Waals surface area contributed by atoms with E-state index in [1.807, 2.05) is 0 Å². The lowest BCUT2D eigenvalue weighted by Gasteiger charge is -2.26. The Bertz CT molecular complexity index is 519. The lowest BCUT2D eigenvalue weighted by atomic mass is 10.1. The van der Waals surface area contributed by atoms with E-state index in [0.29, 0.717) is 30.2 Å². The van der Waals surface area contributed by atoms with E-state index in [4.69, 9.17) is 25.7 Å². The van der Waals surface area contributed by atoms with E-state index in [0.717, 1.165) is 39.3 Å². The number of allylic oxidation sites excluding steroid dienone is 2. The average Bonchev–Trinajstić information content (AvgIpc) is 2.71. The molecule has 23 heavy (non-hydrogen) atoms. The van der Waals surface area contributed by atoms with Crippen LogP contribution in [0.5, 0.6) is 0 Å². The molecule has 1 amide bonds. The molecule has 0 atom stereocenters. The van der Waals surface area contributed by atoms with Crippen molar-refractivity contribution in [3.8, 4) is 0 Å². The van der Waals surface area contributed by atoms with Gasteiger partial charge in [-0.15, -0.1) is 0 Å². The van der Waals surface area contributed by atoms with Crippen LogP contribution in [0.15, 0.2) is 34.9 Å². The third kappa shape index (κ3) is 5.01. The number of amides is 1. The van der Waals surface area contributed by atoms with Gasteiger partial charge in [0.1, 0.15) is 5.76 Å². The van der Waals surface area contributed by atoms with Crippen molar-refractivity contribution in [3.63, 3.8) is 0 Å². The van der Waals surface area contributed by atoms with Gasteiger partial charge in [-0.25, -0.2) is 0 Å². The first-order valence-corrected chi connectivity index (χ1v) is 7.79. The Morgan fingerprint density at radius 3 is 2.78 bits per heavy atom. The van der Waals surface area contributed by atoms with Crippen molar-refractivity contribution in [3.05, 3.63) is 34.9 Å². The van der Waals surface area contributed by atoms with Gasteiger partial charge in [-0.3, -0.25) is 9.69 Å². The molecule has 0 saturated carbocycles. The molecule has 0 unspecified atom stereocenters. The van der Waals surface area contributed by atoms with Crippen LogP contribution in [0.2, 0.25) is 0 Å². The monoisotopic (exact) mass is 323 g/mol. The van der Waals surface area contributed by atoms with Gasteiger partial charge in [0.15, 0.2) is 5.76 Å². The molecule has 1 fully saturated rings. The summed E-state index contributed by atoms with van der Waals surface area (Å²) in [5.41, 5.74) is 11.8. The van der Waals surface area contributed by atoms with E-state index in [9.17, 15) is 4.79 Å². The molecule has 1 aliphatic carbocycles. The fraction of sp³-hybridized carbons (Fsp3) is 0.562. The Morgan fingerprint density at radius 2 is 2.13 bits per heavy atom. The van der Waals surface area contributed by atoms with Crippen molar-refractivity contribution in [2.75, 3.05) is 46.6 Å². The van der Waals surface area contributed by atoms with E-state index in [-0.39, 0.29) is 5.57 Å². The Labute approximate surface area is 136 Å². The molecule has 128 valence electrons. The summed E-state index contributed by atoms with van der Waals surface area (Å²) in [6.45, 7) is 4.97. The van der Waals surface area contributed by atoms with E-state index in [1.165, 1.54) is 0 Å². The molecular weight excluding hydrogens is 298 g/mol. The van der Waals surface area contributed by atoms with Gasteiger partial charge in [0, 0.05) is 31.8 Å². The first-order chi connectivity index (χ1) is 11.1. The molecule has 7 nitrogen and oxygen atoms in total. The molecule has 0 aromatic heterocycles. The zero-order chi connectivity index (χ0) is 16.7. The molecule has 0 bridgehead atoms. The molecule has 1 aliphatic heterocycles. The number of nitrogens with zero attached hydrogens (tertiary/aromatic N) is 1. The molecule has 0 spiro atoms. The van der Waals surface area contributed by atoms with Gasteiger partial charge >= 0.3 is 0 Å². The van der Waals surface area contributed by atoms with Crippen LogP contribution in [0.25, 0.3) is 0 Å². The highest BCUT2D eigenvalue weighted by molar-refractivity contribution is 5.96. The van der Waals surface area contributed by atoms with Gasteiger partial charge in [-0.05, 0) is 12.5 Å². The number of nitrogens with two attached hydrogens (primary N) is 2. The molecule has 7 heteroatoms. The van der Waals surface area contributed by atoms with Crippen LogP contribution in [0.1, 0.15) is 12.8 Å². The summed E-state index contributed by atoms with van der Waals surface area (Å²) >= 11 is 0. The van der Waals surface area contributed by atoms with E-state index < -0.39 is 5.91 Å². The number of ether oxygens (including phenoxy) is 3. The van der Waals surface area contributed by atoms with Crippen LogP contribution < -0.4 is 11.5 Å². The highest BCUT2D eigenvalue weighted by Gasteiger charge is 2.17. The summed E-state index contributed by atoms with van der Waals surface area (Å²) in [4.78, 5) is 13.8. The Balaban J connectivity index is 1.92. The van der Waals surface area contributed by atoms with Crippen molar-refractivity contribution in [1.82, 2.24) is 4.90 Å². The van der Waals surface area contributed by atoms with E-state index in [1.54, 1.807) is 19.3 Å². The van der Waals surface area contributed by atoms with Crippen LogP contribution in [-0.4, -0.2) is 57.4 Å². The van der Waals surface area contributed by atoms with E-state index >= 15 is 0 Å². The van der Waals surface area contributed by atoms with Gasteiger partial charge < -0.3 is 25.7 Å². The largest absolute Gasteiger partial charge is 0.497 e. The Morgan fingerprint density at radius 1 is 1.39 bits per heavy atom. The van der Waals surface area contributed by atoms with Crippen molar-refractivity contribution < 1.29 is 19.0 Å². The highest BCUT2D eigenvalue weighted by Crippen LogP contribution is 2.22. The lowest BCUT2D eigenvalue weighted by molar-refractivity contribution is -0.114. The number of methoxy groups -OCH3 is 1. The average molecular weight is 323 g/mol. The number of hydrogen-bond donors (Lipinski definition) is 2. The number of carbonyl (C=O) groups excluding carboxylic acids is 1. The molecule has 0 aromatic carbocycles. The number of primary amides is 1. The van der Waals surface area contributed by atoms with Crippen LogP contribution in [0, 0.1) is 0 Å². The van der Waals surface area contributed by atoms with Crippen LogP contribution in [0.3, 0.4) is 0 Å². The number of morpholine rings is 1.